The highest BCUT2D eigenvalue weighted by atomic mass is 16.1. The molecular formula is C14H16N2O. The molecule has 0 amide bonds. The highest BCUT2D eigenvalue weighted by molar-refractivity contribution is 5.89. The zero-order valence-electron chi connectivity index (χ0n) is 10.2. The van der Waals surface area contributed by atoms with Gasteiger partial charge in [0.05, 0.1) is 18.2 Å². The second-order valence-electron chi connectivity index (χ2n) is 5.14. The molecule has 3 heteroatoms. The smallest absolute Gasteiger partial charge is 0.157 e. The first-order chi connectivity index (χ1) is 8.03. The fourth-order valence-electron chi connectivity index (χ4n) is 1.99. The second-order valence-corrected chi connectivity index (χ2v) is 5.14. The van der Waals surface area contributed by atoms with Crippen molar-refractivity contribution in [3.05, 3.63) is 29.8 Å². The van der Waals surface area contributed by atoms with Crippen LogP contribution in [-0.2, 0) is 4.79 Å². The number of carbonyl (C=O) groups excluding carboxylic acids is 1. The van der Waals surface area contributed by atoms with Crippen molar-refractivity contribution in [2.24, 2.45) is 5.41 Å². The third-order valence-electron chi connectivity index (χ3n) is 3.46. The van der Waals surface area contributed by atoms with Gasteiger partial charge in [-0.1, -0.05) is 13.8 Å². The molecule has 2 rings (SSSR count). The van der Waals surface area contributed by atoms with Crippen LogP contribution in [0.4, 0.5) is 5.69 Å². The highest BCUT2D eigenvalue weighted by Crippen LogP contribution is 2.29. The largest absolute Gasteiger partial charge is 0.364 e. The summed E-state index contributed by atoms with van der Waals surface area (Å²) in [7, 11) is 0. The molecule has 1 saturated heterocycles. The molecule has 1 aliphatic heterocycles. The van der Waals surface area contributed by atoms with Crippen molar-refractivity contribution in [2.45, 2.75) is 20.3 Å². The summed E-state index contributed by atoms with van der Waals surface area (Å²) in [5, 5.41) is 8.73. The summed E-state index contributed by atoms with van der Waals surface area (Å²) in [5.41, 5.74) is 1.48. The number of anilines is 1. The van der Waals surface area contributed by atoms with Crippen LogP contribution < -0.4 is 4.90 Å². The number of ketones is 1. The van der Waals surface area contributed by atoms with Crippen molar-refractivity contribution in [1.82, 2.24) is 0 Å². The van der Waals surface area contributed by atoms with Crippen molar-refractivity contribution in [3.8, 4) is 6.07 Å². The lowest BCUT2D eigenvalue weighted by molar-refractivity contribution is -0.127. The topological polar surface area (TPSA) is 44.1 Å². The van der Waals surface area contributed by atoms with Gasteiger partial charge in [0.15, 0.2) is 5.78 Å². The van der Waals surface area contributed by atoms with E-state index in [2.05, 4.69) is 11.0 Å². The lowest BCUT2D eigenvalue weighted by Crippen LogP contribution is -2.45. The van der Waals surface area contributed by atoms with Crippen LogP contribution in [0.5, 0.6) is 0 Å². The molecule has 0 unspecified atom stereocenters. The van der Waals surface area contributed by atoms with Crippen LogP contribution in [0, 0.1) is 16.7 Å². The maximum atomic E-state index is 11.9. The highest BCUT2D eigenvalue weighted by Gasteiger charge is 2.33. The monoisotopic (exact) mass is 228 g/mol. The van der Waals surface area contributed by atoms with Crippen LogP contribution in [0.1, 0.15) is 25.8 Å². The molecule has 0 aromatic heterocycles. The molecule has 0 spiro atoms. The number of rotatable bonds is 1. The number of benzene rings is 1. The van der Waals surface area contributed by atoms with Gasteiger partial charge in [-0.25, -0.2) is 0 Å². The van der Waals surface area contributed by atoms with E-state index in [0.717, 1.165) is 18.7 Å². The summed E-state index contributed by atoms with van der Waals surface area (Å²) in [4.78, 5) is 14.0. The molecule has 1 aliphatic rings. The Kier molecular flexibility index (Phi) is 2.89. The summed E-state index contributed by atoms with van der Waals surface area (Å²) in [6.07, 6.45) is 0.881. The fourth-order valence-corrected chi connectivity index (χ4v) is 1.99. The fraction of sp³-hybridized carbons (Fsp3) is 0.429. The summed E-state index contributed by atoms with van der Waals surface area (Å²) in [5.74, 6) is 0.285. The van der Waals surface area contributed by atoms with Gasteiger partial charge >= 0.3 is 0 Å². The van der Waals surface area contributed by atoms with Gasteiger partial charge in [-0.2, -0.15) is 5.26 Å². The number of carbonyl (C=O) groups is 1. The molecule has 0 radical (unpaired) electrons. The first kappa shape index (κ1) is 11.7. The third-order valence-corrected chi connectivity index (χ3v) is 3.46. The van der Waals surface area contributed by atoms with Gasteiger partial charge in [0.25, 0.3) is 0 Å². The molecule has 1 aromatic carbocycles. The SMILES string of the molecule is CC1(C)CCN(c2ccc(C#N)cc2)CC1=O. The second kappa shape index (κ2) is 4.21. The van der Waals surface area contributed by atoms with Crippen LogP contribution in [0.15, 0.2) is 24.3 Å². The van der Waals surface area contributed by atoms with E-state index in [-0.39, 0.29) is 11.2 Å². The Morgan fingerprint density at radius 2 is 1.94 bits per heavy atom. The lowest BCUT2D eigenvalue weighted by atomic mass is 9.81. The molecule has 0 aliphatic carbocycles. The Morgan fingerprint density at radius 1 is 1.29 bits per heavy atom. The van der Waals surface area contributed by atoms with Crippen LogP contribution in [0.25, 0.3) is 0 Å². The summed E-state index contributed by atoms with van der Waals surface area (Å²) in [6, 6.07) is 9.49. The quantitative estimate of drug-likeness (QED) is 0.741. The average molecular weight is 228 g/mol. The number of hydrogen-bond donors (Lipinski definition) is 0. The molecule has 0 atom stereocenters. The number of piperidine rings is 1. The normalized spacial score (nSPS) is 18.9. The van der Waals surface area contributed by atoms with E-state index in [4.69, 9.17) is 5.26 Å². The van der Waals surface area contributed by atoms with Crippen LogP contribution in [-0.4, -0.2) is 18.9 Å². The van der Waals surface area contributed by atoms with E-state index in [9.17, 15) is 4.79 Å². The standard InChI is InChI=1S/C14H16N2O/c1-14(2)7-8-16(10-13(14)17)12-5-3-11(9-15)4-6-12/h3-6H,7-8,10H2,1-2H3. The molecule has 0 N–H and O–H groups in total. The number of nitrogens with zero attached hydrogens (tertiary/aromatic N) is 2. The number of nitriles is 1. The Morgan fingerprint density at radius 3 is 2.47 bits per heavy atom. The summed E-state index contributed by atoms with van der Waals surface area (Å²) >= 11 is 0. The van der Waals surface area contributed by atoms with E-state index in [0.29, 0.717) is 12.1 Å². The minimum atomic E-state index is -0.191. The molecule has 3 nitrogen and oxygen atoms in total. The van der Waals surface area contributed by atoms with Gasteiger partial charge in [-0.15, -0.1) is 0 Å². The van der Waals surface area contributed by atoms with Gasteiger partial charge in [0, 0.05) is 17.6 Å². The van der Waals surface area contributed by atoms with Gasteiger partial charge in [-0.3, -0.25) is 4.79 Å². The Balaban J connectivity index is 2.14. The van der Waals surface area contributed by atoms with Crippen LogP contribution in [0.2, 0.25) is 0 Å². The number of hydrogen-bond acceptors (Lipinski definition) is 3. The van der Waals surface area contributed by atoms with E-state index in [1.807, 2.05) is 26.0 Å². The van der Waals surface area contributed by atoms with Gasteiger partial charge in [0.2, 0.25) is 0 Å². The molecular weight excluding hydrogens is 212 g/mol. The third kappa shape index (κ3) is 2.31. The summed E-state index contributed by atoms with van der Waals surface area (Å²) in [6.45, 7) is 5.38. The van der Waals surface area contributed by atoms with E-state index < -0.39 is 0 Å². The molecule has 17 heavy (non-hydrogen) atoms. The molecule has 1 fully saturated rings. The Labute approximate surface area is 102 Å². The zero-order chi connectivity index (χ0) is 12.5. The average Bonchev–Trinajstić information content (AvgIpc) is 2.33. The van der Waals surface area contributed by atoms with Crippen molar-refractivity contribution in [2.75, 3.05) is 18.0 Å². The molecule has 1 aromatic rings. The van der Waals surface area contributed by atoms with Gasteiger partial charge in [0.1, 0.15) is 0 Å². The van der Waals surface area contributed by atoms with E-state index >= 15 is 0 Å². The van der Waals surface area contributed by atoms with Crippen molar-refractivity contribution >= 4 is 11.5 Å². The van der Waals surface area contributed by atoms with Gasteiger partial charge in [-0.05, 0) is 30.7 Å². The minimum Gasteiger partial charge on any atom is -0.364 e. The first-order valence-corrected chi connectivity index (χ1v) is 5.81. The Bertz CT molecular complexity index is 468. The van der Waals surface area contributed by atoms with Crippen LogP contribution >= 0.6 is 0 Å². The van der Waals surface area contributed by atoms with Crippen LogP contribution in [0.3, 0.4) is 0 Å². The zero-order valence-corrected chi connectivity index (χ0v) is 10.2. The summed E-state index contributed by atoms with van der Waals surface area (Å²) < 4.78 is 0. The molecule has 0 bridgehead atoms. The number of Topliss-reactive ketones (excluding diaryl/α,β-unsaturated/α-hetero) is 1. The first-order valence-electron chi connectivity index (χ1n) is 5.81. The van der Waals surface area contributed by atoms with E-state index in [1.165, 1.54) is 0 Å². The predicted molar refractivity (Wildman–Crippen MR) is 66.8 cm³/mol. The minimum absolute atomic E-state index is 0.191. The molecule has 1 heterocycles. The molecule has 0 saturated carbocycles. The van der Waals surface area contributed by atoms with Crippen molar-refractivity contribution in [3.63, 3.8) is 0 Å². The maximum Gasteiger partial charge on any atom is 0.157 e. The maximum absolute atomic E-state index is 11.9. The van der Waals surface area contributed by atoms with E-state index in [1.54, 1.807) is 12.1 Å². The van der Waals surface area contributed by atoms with Gasteiger partial charge < -0.3 is 4.90 Å². The predicted octanol–water partition coefficient (Wildman–Crippen LogP) is 2.36. The van der Waals surface area contributed by atoms with Crippen molar-refractivity contribution < 1.29 is 4.79 Å². The Hall–Kier alpha value is -1.82. The molecule has 88 valence electrons. The lowest BCUT2D eigenvalue weighted by Gasteiger charge is -2.36. The van der Waals surface area contributed by atoms with Crippen molar-refractivity contribution in [1.29, 1.82) is 5.26 Å².